The van der Waals surface area contributed by atoms with Gasteiger partial charge >= 0.3 is 0 Å². The lowest BCUT2D eigenvalue weighted by molar-refractivity contribution is 0.151. The Morgan fingerprint density at radius 1 is 1.05 bits per heavy atom. The van der Waals surface area contributed by atoms with Gasteiger partial charge in [-0.2, -0.15) is 0 Å². The van der Waals surface area contributed by atoms with E-state index in [1.165, 1.54) is 11.6 Å². The van der Waals surface area contributed by atoms with Crippen LogP contribution in [0.3, 0.4) is 0 Å². The smallest absolute Gasteiger partial charge is 0.263 e. The maximum atomic E-state index is 12.6. The van der Waals surface area contributed by atoms with Gasteiger partial charge in [-0.1, -0.05) is 30.3 Å². The summed E-state index contributed by atoms with van der Waals surface area (Å²) in [6, 6.07) is 12.7. The molecule has 19 heavy (non-hydrogen) atoms. The fourth-order valence-electron chi connectivity index (χ4n) is 1.96. The van der Waals surface area contributed by atoms with Crippen molar-refractivity contribution in [3.05, 3.63) is 64.7 Å². The van der Waals surface area contributed by atoms with E-state index in [1.807, 2.05) is 26.0 Å². The van der Waals surface area contributed by atoms with Gasteiger partial charge in [0.1, 0.15) is 0 Å². The first-order chi connectivity index (χ1) is 9.06. The van der Waals surface area contributed by atoms with Crippen LogP contribution in [-0.4, -0.2) is 0 Å². The normalized spacial score (nSPS) is 10.8. The highest BCUT2D eigenvalue weighted by molar-refractivity contribution is 5.52. The van der Waals surface area contributed by atoms with Crippen molar-refractivity contribution in [2.75, 3.05) is 5.32 Å². The molecule has 0 aromatic heterocycles. The highest BCUT2D eigenvalue weighted by Crippen LogP contribution is 2.21. The summed E-state index contributed by atoms with van der Waals surface area (Å²) in [6.07, 6.45) is -2.42. The van der Waals surface area contributed by atoms with E-state index < -0.39 is 6.43 Å². The Morgan fingerprint density at radius 3 is 2.58 bits per heavy atom. The third-order valence-corrected chi connectivity index (χ3v) is 3.08. The summed E-state index contributed by atoms with van der Waals surface area (Å²) < 4.78 is 25.2. The number of aryl methyl sites for hydroxylation is 2. The second-order valence-electron chi connectivity index (χ2n) is 4.72. The lowest BCUT2D eigenvalue weighted by Crippen LogP contribution is -2.02. The summed E-state index contributed by atoms with van der Waals surface area (Å²) in [6.45, 7) is 4.60. The molecule has 0 aliphatic rings. The van der Waals surface area contributed by atoms with Crippen LogP contribution < -0.4 is 5.32 Å². The molecular formula is C16H17F2N. The molecule has 0 amide bonds. The number of anilines is 1. The average Bonchev–Trinajstić information content (AvgIpc) is 2.40. The highest BCUT2D eigenvalue weighted by Gasteiger charge is 2.07. The monoisotopic (exact) mass is 261 g/mol. The van der Waals surface area contributed by atoms with E-state index in [-0.39, 0.29) is 5.56 Å². The molecule has 0 heterocycles. The molecule has 1 N–H and O–H groups in total. The predicted octanol–water partition coefficient (Wildman–Crippen LogP) is 4.85. The van der Waals surface area contributed by atoms with Crippen LogP contribution >= 0.6 is 0 Å². The quantitative estimate of drug-likeness (QED) is 0.829. The van der Waals surface area contributed by atoms with Crippen LogP contribution in [0, 0.1) is 13.8 Å². The molecule has 3 heteroatoms. The Balaban J connectivity index is 2.10. The standard InChI is InChI=1S/C16H17F2N/c1-11-6-7-12(2)15(8-11)19-10-13-4-3-5-14(9-13)16(17)18/h3-9,16,19H,10H2,1-2H3. The SMILES string of the molecule is Cc1ccc(C)c(NCc2cccc(C(F)F)c2)c1. The number of halogens is 2. The van der Waals surface area contributed by atoms with Gasteiger partial charge in [0.15, 0.2) is 0 Å². The summed E-state index contributed by atoms with van der Waals surface area (Å²) in [5.74, 6) is 0. The average molecular weight is 261 g/mol. The van der Waals surface area contributed by atoms with Crippen molar-refractivity contribution in [3.63, 3.8) is 0 Å². The number of nitrogens with one attached hydrogen (secondary N) is 1. The lowest BCUT2D eigenvalue weighted by Gasteiger charge is -2.11. The van der Waals surface area contributed by atoms with Gasteiger partial charge in [0.2, 0.25) is 0 Å². The Hall–Kier alpha value is -1.90. The minimum absolute atomic E-state index is 0.0697. The van der Waals surface area contributed by atoms with Crippen LogP contribution in [0.25, 0.3) is 0 Å². The van der Waals surface area contributed by atoms with Crippen molar-refractivity contribution in [1.29, 1.82) is 0 Å². The van der Waals surface area contributed by atoms with Gasteiger partial charge in [-0.3, -0.25) is 0 Å². The Bertz CT molecular complexity index is 564. The van der Waals surface area contributed by atoms with Crippen molar-refractivity contribution in [1.82, 2.24) is 0 Å². The second kappa shape index (κ2) is 5.83. The topological polar surface area (TPSA) is 12.0 Å². The van der Waals surface area contributed by atoms with E-state index in [0.717, 1.165) is 16.8 Å². The highest BCUT2D eigenvalue weighted by atomic mass is 19.3. The molecule has 0 unspecified atom stereocenters. The van der Waals surface area contributed by atoms with Crippen molar-refractivity contribution < 1.29 is 8.78 Å². The van der Waals surface area contributed by atoms with Gasteiger partial charge in [0.25, 0.3) is 6.43 Å². The van der Waals surface area contributed by atoms with Gasteiger partial charge in [-0.25, -0.2) is 8.78 Å². The number of benzene rings is 2. The molecular weight excluding hydrogens is 244 g/mol. The van der Waals surface area contributed by atoms with Crippen LogP contribution in [-0.2, 0) is 6.54 Å². The lowest BCUT2D eigenvalue weighted by atomic mass is 10.1. The van der Waals surface area contributed by atoms with Crippen LogP contribution in [0.1, 0.15) is 28.7 Å². The van der Waals surface area contributed by atoms with Gasteiger partial charge < -0.3 is 5.32 Å². The summed E-state index contributed by atoms with van der Waals surface area (Å²) in [4.78, 5) is 0. The molecule has 100 valence electrons. The minimum Gasteiger partial charge on any atom is -0.381 e. The Kier molecular flexibility index (Phi) is 4.15. The molecule has 0 saturated carbocycles. The number of alkyl halides is 2. The Morgan fingerprint density at radius 2 is 1.84 bits per heavy atom. The maximum Gasteiger partial charge on any atom is 0.263 e. The van der Waals surface area contributed by atoms with E-state index in [1.54, 1.807) is 12.1 Å². The fourth-order valence-corrected chi connectivity index (χ4v) is 1.96. The number of hydrogen-bond donors (Lipinski definition) is 1. The zero-order chi connectivity index (χ0) is 13.8. The summed E-state index contributed by atoms with van der Waals surface area (Å²) in [5.41, 5.74) is 4.30. The molecule has 0 bridgehead atoms. The predicted molar refractivity (Wildman–Crippen MR) is 74.6 cm³/mol. The van der Waals surface area contributed by atoms with E-state index in [9.17, 15) is 8.78 Å². The van der Waals surface area contributed by atoms with Crippen molar-refractivity contribution in [2.24, 2.45) is 0 Å². The maximum absolute atomic E-state index is 12.6. The van der Waals surface area contributed by atoms with Crippen molar-refractivity contribution >= 4 is 5.69 Å². The zero-order valence-electron chi connectivity index (χ0n) is 11.1. The third kappa shape index (κ3) is 3.53. The molecule has 0 radical (unpaired) electrons. The summed E-state index contributed by atoms with van der Waals surface area (Å²) in [7, 11) is 0. The molecule has 0 aliphatic heterocycles. The van der Waals surface area contributed by atoms with Crippen molar-refractivity contribution in [2.45, 2.75) is 26.8 Å². The molecule has 0 saturated heterocycles. The molecule has 1 nitrogen and oxygen atoms in total. The fraction of sp³-hybridized carbons (Fsp3) is 0.250. The van der Waals surface area contributed by atoms with Gasteiger partial charge in [-0.15, -0.1) is 0 Å². The molecule has 0 atom stereocenters. The van der Waals surface area contributed by atoms with Crippen LogP contribution in [0.5, 0.6) is 0 Å². The van der Waals surface area contributed by atoms with E-state index >= 15 is 0 Å². The molecule has 0 aliphatic carbocycles. The first kappa shape index (κ1) is 13.5. The van der Waals surface area contributed by atoms with E-state index in [2.05, 4.69) is 17.4 Å². The molecule has 2 rings (SSSR count). The number of rotatable bonds is 4. The van der Waals surface area contributed by atoms with Crippen LogP contribution in [0.2, 0.25) is 0 Å². The number of hydrogen-bond acceptors (Lipinski definition) is 1. The molecule has 2 aromatic carbocycles. The van der Waals surface area contributed by atoms with E-state index in [4.69, 9.17) is 0 Å². The van der Waals surface area contributed by atoms with Crippen LogP contribution in [0.15, 0.2) is 42.5 Å². The Labute approximate surface area is 112 Å². The van der Waals surface area contributed by atoms with Crippen LogP contribution in [0.4, 0.5) is 14.5 Å². The largest absolute Gasteiger partial charge is 0.381 e. The third-order valence-electron chi connectivity index (χ3n) is 3.08. The van der Waals surface area contributed by atoms with Gasteiger partial charge in [0, 0.05) is 17.8 Å². The van der Waals surface area contributed by atoms with Gasteiger partial charge in [0.05, 0.1) is 0 Å². The summed E-state index contributed by atoms with van der Waals surface area (Å²) in [5, 5.41) is 3.29. The second-order valence-corrected chi connectivity index (χ2v) is 4.72. The van der Waals surface area contributed by atoms with Crippen molar-refractivity contribution in [3.8, 4) is 0 Å². The van der Waals surface area contributed by atoms with Gasteiger partial charge in [-0.05, 0) is 42.7 Å². The summed E-state index contributed by atoms with van der Waals surface area (Å²) >= 11 is 0. The molecule has 2 aromatic rings. The minimum atomic E-state index is -2.42. The first-order valence-electron chi connectivity index (χ1n) is 6.24. The molecule has 0 spiro atoms. The molecule has 0 fully saturated rings. The zero-order valence-corrected chi connectivity index (χ0v) is 11.1. The van der Waals surface area contributed by atoms with E-state index in [0.29, 0.717) is 6.54 Å². The first-order valence-corrected chi connectivity index (χ1v) is 6.24.